The Morgan fingerprint density at radius 3 is 2.44 bits per heavy atom. The zero-order chi connectivity index (χ0) is 6.69. The van der Waals surface area contributed by atoms with Crippen LogP contribution in [0.25, 0.3) is 0 Å². The second-order valence-electron chi connectivity index (χ2n) is 3.01. The minimum atomic E-state index is 0.925. The van der Waals surface area contributed by atoms with Crippen molar-refractivity contribution in [3.63, 3.8) is 0 Å². The molecule has 0 amide bonds. The van der Waals surface area contributed by atoms with Crippen LogP contribution in [0.5, 0.6) is 0 Å². The molecule has 52 valence electrons. The summed E-state index contributed by atoms with van der Waals surface area (Å²) >= 11 is 0. The minimum absolute atomic E-state index is 0.925. The first-order chi connectivity index (χ1) is 4.33. The van der Waals surface area contributed by atoms with Crippen molar-refractivity contribution in [3.05, 3.63) is 11.8 Å². The Balaban J connectivity index is 2.35. The molecule has 0 unspecified atom stereocenters. The number of hydrogen-bond donors (Lipinski definition) is 1. The number of nitrogens with two attached hydrogens (primary N) is 1. The van der Waals surface area contributed by atoms with E-state index in [0.717, 1.165) is 5.92 Å². The van der Waals surface area contributed by atoms with Crippen molar-refractivity contribution >= 4 is 0 Å². The maximum Gasteiger partial charge on any atom is -0.00705 e. The first kappa shape index (κ1) is 6.66. The summed E-state index contributed by atoms with van der Waals surface area (Å²) in [5, 5.41) is 0. The fourth-order valence-electron chi connectivity index (χ4n) is 1.30. The van der Waals surface area contributed by atoms with E-state index >= 15 is 0 Å². The van der Waals surface area contributed by atoms with Gasteiger partial charge in [0.15, 0.2) is 0 Å². The molecule has 0 heterocycles. The van der Waals surface area contributed by atoms with Crippen LogP contribution in [0.4, 0.5) is 0 Å². The van der Waals surface area contributed by atoms with Gasteiger partial charge < -0.3 is 5.73 Å². The van der Waals surface area contributed by atoms with E-state index in [9.17, 15) is 0 Å². The van der Waals surface area contributed by atoms with Gasteiger partial charge in [-0.15, -0.1) is 0 Å². The highest BCUT2D eigenvalue weighted by Gasteiger charge is 2.10. The van der Waals surface area contributed by atoms with Crippen LogP contribution in [0.15, 0.2) is 11.8 Å². The molecule has 0 saturated heterocycles. The predicted octanol–water partition coefficient (Wildman–Crippen LogP) is 2.04. The van der Waals surface area contributed by atoms with Gasteiger partial charge in [0, 0.05) is 0 Å². The van der Waals surface area contributed by atoms with Crippen molar-refractivity contribution in [1.29, 1.82) is 0 Å². The van der Waals surface area contributed by atoms with Gasteiger partial charge in [0.25, 0.3) is 0 Å². The average molecular weight is 125 g/mol. The van der Waals surface area contributed by atoms with Crippen molar-refractivity contribution in [2.45, 2.75) is 32.6 Å². The van der Waals surface area contributed by atoms with E-state index in [1.807, 2.05) is 0 Å². The van der Waals surface area contributed by atoms with E-state index < -0.39 is 0 Å². The first-order valence-corrected chi connectivity index (χ1v) is 3.72. The van der Waals surface area contributed by atoms with E-state index in [1.165, 1.54) is 31.3 Å². The molecule has 0 bridgehead atoms. The molecule has 0 aromatic heterocycles. The molecule has 0 spiro atoms. The molecule has 1 heteroatoms. The van der Waals surface area contributed by atoms with E-state index in [4.69, 9.17) is 5.73 Å². The maximum atomic E-state index is 5.39. The zero-order valence-corrected chi connectivity index (χ0v) is 6.06. The molecule has 0 aromatic rings. The Labute approximate surface area is 56.9 Å². The summed E-state index contributed by atoms with van der Waals surface area (Å²) in [6.07, 6.45) is 6.92. The lowest BCUT2D eigenvalue weighted by Gasteiger charge is -2.19. The number of rotatable bonds is 0. The van der Waals surface area contributed by atoms with Gasteiger partial charge in [-0.2, -0.15) is 0 Å². The first-order valence-electron chi connectivity index (χ1n) is 3.72. The van der Waals surface area contributed by atoms with Crippen LogP contribution in [0.3, 0.4) is 0 Å². The topological polar surface area (TPSA) is 26.0 Å². The standard InChI is InChI=1S/C8H15N/c1-7-2-4-8(6-9)5-3-7/h6-7H,2-5,9H2,1H3. The molecule has 9 heavy (non-hydrogen) atoms. The minimum Gasteiger partial charge on any atom is -0.405 e. The molecule has 1 aliphatic carbocycles. The predicted molar refractivity (Wildman–Crippen MR) is 39.9 cm³/mol. The summed E-state index contributed by atoms with van der Waals surface area (Å²) in [4.78, 5) is 0. The maximum absolute atomic E-state index is 5.39. The number of allylic oxidation sites excluding steroid dienone is 1. The zero-order valence-electron chi connectivity index (χ0n) is 6.06. The highest BCUT2D eigenvalue weighted by Crippen LogP contribution is 2.26. The van der Waals surface area contributed by atoms with Crippen molar-refractivity contribution in [1.82, 2.24) is 0 Å². The van der Waals surface area contributed by atoms with E-state index in [0.29, 0.717) is 0 Å². The normalized spacial score (nSPS) is 28.1. The Bertz CT molecular complexity index is 106. The fraction of sp³-hybridized carbons (Fsp3) is 0.750. The molecule has 0 aromatic carbocycles. The smallest absolute Gasteiger partial charge is 0.00705 e. The van der Waals surface area contributed by atoms with Crippen molar-refractivity contribution in [3.8, 4) is 0 Å². The Kier molecular flexibility index (Phi) is 2.15. The van der Waals surface area contributed by atoms with E-state index in [-0.39, 0.29) is 0 Å². The summed E-state index contributed by atoms with van der Waals surface area (Å²) in [7, 11) is 0. The van der Waals surface area contributed by atoms with Gasteiger partial charge in [0.05, 0.1) is 0 Å². The SMILES string of the molecule is CC1CCC(=CN)CC1. The fourth-order valence-corrected chi connectivity index (χ4v) is 1.30. The van der Waals surface area contributed by atoms with Crippen LogP contribution in [0.1, 0.15) is 32.6 Å². The molecule has 2 N–H and O–H groups in total. The monoisotopic (exact) mass is 125 g/mol. The van der Waals surface area contributed by atoms with Crippen LogP contribution in [0.2, 0.25) is 0 Å². The molecule has 1 rings (SSSR count). The third-order valence-corrected chi connectivity index (χ3v) is 2.15. The van der Waals surface area contributed by atoms with Crippen LogP contribution in [-0.2, 0) is 0 Å². The van der Waals surface area contributed by atoms with Gasteiger partial charge in [-0.3, -0.25) is 0 Å². The lowest BCUT2D eigenvalue weighted by Crippen LogP contribution is -2.04. The van der Waals surface area contributed by atoms with Crippen molar-refractivity contribution in [2.24, 2.45) is 11.7 Å². The Morgan fingerprint density at radius 2 is 2.00 bits per heavy atom. The summed E-state index contributed by atoms with van der Waals surface area (Å²) in [5.41, 5.74) is 6.84. The summed E-state index contributed by atoms with van der Waals surface area (Å²) in [6, 6.07) is 0. The van der Waals surface area contributed by atoms with Gasteiger partial charge >= 0.3 is 0 Å². The quantitative estimate of drug-likeness (QED) is 0.526. The van der Waals surface area contributed by atoms with Gasteiger partial charge in [-0.05, 0) is 37.8 Å². The molecule has 1 nitrogen and oxygen atoms in total. The second-order valence-corrected chi connectivity index (χ2v) is 3.01. The highest BCUT2D eigenvalue weighted by atomic mass is 14.5. The van der Waals surface area contributed by atoms with Crippen LogP contribution in [-0.4, -0.2) is 0 Å². The molecule has 1 saturated carbocycles. The van der Waals surface area contributed by atoms with Crippen LogP contribution < -0.4 is 5.73 Å². The van der Waals surface area contributed by atoms with Crippen LogP contribution >= 0.6 is 0 Å². The summed E-state index contributed by atoms with van der Waals surface area (Å²) in [5.74, 6) is 0.925. The largest absolute Gasteiger partial charge is 0.405 e. The molecule has 1 fully saturated rings. The molecule has 0 radical (unpaired) electrons. The van der Waals surface area contributed by atoms with E-state index in [1.54, 1.807) is 6.20 Å². The summed E-state index contributed by atoms with van der Waals surface area (Å²) < 4.78 is 0. The molecular weight excluding hydrogens is 110 g/mol. The van der Waals surface area contributed by atoms with Gasteiger partial charge in [-0.25, -0.2) is 0 Å². The third-order valence-electron chi connectivity index (χ3n) is 2.15. The average Bonchev–Trinajstić information content (AvgIpc) is 1.90. The molecule has 0 aliphatic heterocycles. The van der Waals surface area contributed by atoms with Gasteiger partial charge in [-0.1, -0.05) is 12.5 Å². The van der Waals surface area contributed by atoms with Crippen molar-refractivity contribution in [2.75, 3.05) is 0 Å². The summed E-state index contributed by atoms with van der Waals surface area (Å²) in [6.45, 7) is 2.31. The lowest BCUT2D eigenvalue weighted by atomic mass is 9.88. The highest BCUT2D eigenvalue weighted by molar-refractivity contribution is 5.02. The van der Waals surface area contributed by atoms with Crippen LogP contribution in [0, 0.1) is 5.92 Å². The molecule has 0 atom stereocenters. The van der Waals surface area contributed by atoms with Crippen molar-refractivity contribution < 1.29 is 0 Å². The molecule has 1 aliphatic rings. The van der Waals surface area contributed by atoms with E-state index in [2.05, 4.69) is 6.92 Å². The number of hydrogen-bond acceptors (Lipinski definition) is 1. The van der Waals surface area contributed by atoms with Gasteiger partial charge in [0.1, 0.15) is 0 Å². The third kappa shape index (κ3) is 1.74. The Hall–Kier alpha value is -0.460. The lowest BCUT2D eigenvalue weighted by molar-refractivity contribution is 0.443. The Morgan fingerprint density at radius 1 is 1.44 bits per heavy atom. The molecular formula is C8H15N. The van der Waals surface area contributed by atoms with Gasteiger partial charge in [0.2, 0.25) is 0 Å². The second kappa shape index (κ2) is 2.90.